The van der Waals surface area contributed by atoms with Crippen molar-refractivity contribution in [3.63, 3.8) is 0 Å². The molecule has 8 heteroatoms. The second-order valence-electron chi connectivity index (χ2n) is 3.09. The van der Waals surface area contributed by atoms with E-state index >= 15 is 0 Å². The molecule has 0 amide bonds. The fourth-order valence-corrected chi connectivity index (χ4v) is 1.43. The lowest BCUT2D eigenvalue weighted by molar-refractivity contribution is -0.150. The summed E-state index contributed by atoms with van der Waals surface area (Å²) in [6.45, 7) is 2.94. The number of ether oxygens (including phenoxy) is 1. The van der Waals surface area contributed by atoms with Gasteiger partial charge >= 0.3 is 11.9 Å². The van der Waals surface area contributed by atoms with E-state index in [0.717, 1.165) is 0 Å². The second-order valence-corrected chi connectivity index (χ2v) is 4.69. The number of rotatable bonds is 5. The Balaban J connectivity index is 4.80. The molecular weight excluding hydrogens is 228 g/mol. The summed E-state index contributed by atoms with van der Waals surface area (Å²) in [6, 6.07) is 0. The third-order valence-corrected chi connectivity index (χ3v) is 2.41. The van der Waals surface area contributed by atoms with E-state index in [1.54, 1.807) is 0 Å². The van der Waals surface area contributed by atoms with Gasteiger partial charge in [-0.15, -0.1) is 0 Å². The van der Waals surface area contributed by atoms with Crippen molar-refractivity contribution < 1.29 is 32.4 Å². The minimum absolute atomic E-state index is 0.587. The van der Waals surface area contributed by atoms with Crippen LogP contribution < -0.4 is 0 Å². The predicted octanol–water partition coefficient (Wildman–Crippen LogP) is -0.331. The Kier molecular flexibility index (Phi) is 4.69. The van der Waals surface area contributed by atoms with Gasteiger partial charge in [0.25, 0.3) is 10.1 Å². The summed E-state index contributed by atoms with van der Waals surface area (Å²) >= 11 is 0. The van der Waals surface area contributed by atoms with Crippen LogP contribution in [0, 0.1) is 0 Å². The minimum atomic E-state index is -4.76. The van der Waals surface area contributed by atoms with Crippen molar-refractivity contribution in [1.29, 1.82) is 0 Å². The summed E-state index contributed by atoms with van der Waals surface area (Å²) in [6.07, 6.45) is -1.61. The van der Waals surface area contributed by atoms with Crippen molar-refractivity contribution in [2.45, 2.75) is 31.6 Å². The molecule has 0 saturated heterocycles. The maximum atomic E-state index is 11.1. The van der Waals surface area contributed by atoms with Crippen LogP contribution in [0.5, 0.6) is 0 Å². The van der Waals surface area contributed by atoms with Crippen molar-refractivity contribution >= 4 is 22.1 Å². The highest BCUT2D eigenvalue weighted by Crippen LogP contribution is 2.08. The Morgan fingerprint density at radius 1 is 1.33 bits per heavy atom. The van der Waals surface area contributed by atoms with Crippen molar-refractivity contribution in [3.8, 4) is 0 Å². The first-order chi connectivity index (χ1) is 6.64. The Bertz CT molecular complexity index is 342. The van der Waals surface area contributed by atoms with Gasteiger partial charge < -0.3 is 9.84 Å². The van der Waals surface area contributed by atoms with Crippen LogP contribution >= 0.6 is 0 Å². The van der Waals surface area contributed by atoms with Gasteiger partial charge in [-0.1, -0.05) is 0 Å². The first-order valence-corrected chi connectivity index (χ1v) is 5.53. The van der Waals surface area contributed by atoms with Gasteiger partial charge in [0.15, 0.2) is 5.25 Å². The summed E-state index contributed by atoms with van der Waals surface area (Å²) in [5, 5.41) is 6.28. The fraction of sp³-hybridized carbons (Fsp3) is 0.714. The summed E-state index contributed by atoms with van der Waals surface area (Å²) < 4.78 is 34.5. The zero-order chi connectivity index (χ0) is 12.2. The van der Waals surface area contributed by atoms with Gasteiger partial charge in [-0.05, 0) is 13.8 Å². The zero-order valence-corrected chi connectivity index (χ0v) is 9.02. The molecule has 0 heterocycles. The molecule has 2 N–H and O–H groups in total. The smallest absolute Gasteiger partial charge is 0.327 e. The molecule has 1 unspecified atom stereocenters. The van der Waals surface area contributed by atoms with Crippen molar-refractivity contribution in [2.75, 3.05) is 0 Å². The Hall–Kier alpha value is -1.15. The Morgan fingerprint density at radius 2 is 1.80 bits per heavy atom. The molecule has 0 spiro atoms. The fourth-order valence-electron chi connectivity index (χ4n) is 0.777. The van der Waals surface area contributed by atoms with E-state index in [1.807, 2.05) is 0 Å². The lowest BCUT2D eigenvalue weighted by atomic mass is 10.3. The molecule has 0 rings (SSSR count). The highest BCUT2D eigenvalue weighted by Gasteiger charge is 2.35. The zero-order valence-electron chi connectivity index (χ0n) is 8.21. The van der Waals surface area contributed by atoms with E-state index in [2.05, 4.69) is 4.74 Å². The summed E-state index contributed by atoms with van der Waals surface area (Å²) in [7, 11) is -4.76. The lowest BCUT2D eigenvalue weighted by Crippen LogP contribution is -2.35. The van der Waals surface area contributed by atoms with Gasteiger partial charge in [0.1, 0.15) is 0 Å². The number of carbonyl (C=O) groups excluding carboxylic acids is 1. The number of hydrogen-bond acceptors (Lipinski definition) is 5. The van der Waals surface area contributed by atoms with Crippen LogP contribution in [0.2, 0.25) is 0 Å². The molecule has 88 valence electrons. The van der Waals surface area contributed by atoms with E-state index in [-0.39, 0.29) is 0 Å². The molecule has 0 fully saturated rings. The summed E-state index contributed by atoms with van der Waals surface area (Å²) in [4.78, 5) is 21.4. The highest BCUT2D eigenvalue weighted by molar-refractivity contribution is 7.87. The average molecular weight is 240 g/mol. The number of carbonyl (C=O) groups is 2. The first-order valence-electron chi connectivity index (χ1n) is 4.03. The van der Waals surface area contributed by atoms with Gasteiger partial charge in [-0.25, -0.2) is 0 Å². The van der Waals surface area contributed by atoms with E-state index in [4.69, 9.17) is 9.66 Å². The number of aliphatic carboxylic acids is 1. The molecule has 0 aromatic heterocycles. The number of esters is 1. The molecule has 15 heavy (non-hydrogen) atoms. The topological polar surface area (TPSA) is 118 Å². The van der Waals surface area contributed by atoms with E-state index in [9.17, 15) is 18.0 Å². The van der Waals surface area contributed by atoms with Crippen LogP contribution in [0.15, 0.2) is 0 Å². The van der Waals surface area contributed by atoms with Gasteiger partial charge in [0.05, 0.1) is 12.5 Å². The normalized spacial score (nSPS) is 13.6. The first kappa shape index (κ1) is 13.8. The van der Waals surface area contributed by atoms with Crippen LogP contribution in [0.4, 0.5) is 0 Å². The largest absolute Gasteiger partial charge is 0.481 e. The molecule has 0 bridgehead atoms. The Labute approximate surface area is 86.8 Å². The molecule has 1 atom stereocenters. The summed E-state index contributed by atoms with van der Waals surface area (Å²) in [5.41, 5.74) is 0. The molecule has 0 aliphatic rings. The average Bonchev–Trinajstić information content (AvgIpc) is 1.95. The van der Waals surface area contributed by atoms with E-state index in [0.29, 0.717) is 0 Å². The third kappa shape index (κ3) is 5.33. The van der Waals surface area contributed by atoms with Gasteiger partial charge in [0, 0.05) is 0 Å². The van der Waals surface area contributed by atoms with Crippen LogP contribution in [0.1, 0.15) is 20.3 Å². The lowest BCUT2D eigenvalue weighted by Gasteiger charge is -2.13. The minimum Gasteiger partial charge on any atom is -0.481 e. The monoisotopic (exact) mass is 240 g/mol. The van der Waals surface area contributed by atoms with Crippen molar-refractivity contribution in [1.82, 2.24) is 0 Å². The molecular formula is C7H12O7S. The molecule has 0 aliphatic carbocycles. The number of carboxylic acids is 1. The van der Waals surface area contributed by atoms with Crippen LogP contribution in [0.3, 0.4) is 0 Å². The molecule has 0 saturated carbocycles. The number of carboxylic acid groups (broad SMARTS) is 1. The number of hydrogen-bond donors (Lipinski definition) is 2. The van der Waals surface area contributed by atoms with E-state index in [1.165, 1.54) is 13.8 Å². The predicted molar refractivity (Wildman–Crippen MR) is 48.8 cm³/mol. The van der Waals surface area contributed by atoms with Crippen molar-refractivity contribution in [3.05, 3.63) is 0 Å². The second kappa shape index (κ2) is 5.08. The maximum Gasteiger partial charge on any atom is 0.327 e. The maximum absolute atomic E-state index is 11.1. The van der Waals surface area contributed by atoms with E-state index < -0.39 is 39.8 Å². The Morgan fingerprint density at radius 3 is 2.07 bits per heavy atom. The van der Waals surface area contributed by atoms with Gasteiger partial charge in [0.2, 0.25) is 0 Å². The summed E-state index contributed by atoms with van der Waals surface area (Å²) in [5.74, 6) is -2.78. The van der Waals surface area contributed by atoms with Crippen LogP contribution in [-0.4, -0.2) is 41.4 Å². The molecule has 7 nitrogen and oxygen atoms in total. The molecule has 0 aromatic rings. The van der Waals surface area contributed by atoms with Gasteiger partial charge in [-0.3, -0.25) is 14.1 Å². The van der Waals surface area contributed by atoms with Crippen LogP contribution in [-0.2, 0) is 24.4 Å². The van der Waals surface area contributed by atoms with Crippen LogP contribution in [0.25, 0.3) is 0 Å². The SMILES string of the molecule is CC(C)OC(=O)C(CC(=O)O)S(=O)(=O)O. The standard InChI is InChI=1S/C7H12O7S/c1-4(2)14-7(10)5(3-6(8)9)15(11,12)13/h4-5H,3H2,1-2H3,(H,8,9)(H,11,12,13). The molecule has 0 aromatic carbocycles. The molecule has 0 aliphatic heterocycles. The van der Waals surface area contributed by atoms with Gasteiger partial charge in [-0.2, -0.15) is 8.42 Å². The highest BCUT2D eigenvalue weighted by atomic mass is 32.2. The van der Waals surface area contributed by atoms with Crippen molar-refractivity contribution in [2.24, 2.45) is 0 Å². The molecule has 0 radical (unpaired) electrons. The third-order valence-electron chi connectivity index (χ3n) is 1.33. The quantitative estimate of drug-likeness (QED) is 0.498.